The highest BCUT2D eigenvalue weighted by Crippen LogP contribution is 2.21. The second kappa shape index (κ2) is 9.87. The van der Waals surface area contributed by atoms with Crippen molar-refractivity contribution >= 4 is 5.96 Å². The molecule has 0 bridgehead atoms. The molecule has 0 saturated carbocycles. The number of furan rings is 1. The van der Waals surface area contributed by atoms with Gasteiger partial charge in [0, 0.05) is 18.7 Å². The molecule has 1 atom stereocenters. The molecule has 1 aromatic carbocycles. The summed E-state index contributed by atoms with van der Waals surface area (Å²) in [4.78, 5) is 6.82. The molecule has 6 heteroatoms. The Hall–Kier alpha value is -2.47. The van der Waals surface area contributed by atoms with Crippen LogP contribution >= 0.6 is 0 Å². The number of likely N-dealkylation sites (N-methyl/N-ethyl adjacent to an activating group) is 1. The minimum Gasteiger partial charge on any atom is -0.496 e. The van der Waals surface area contributed by atoms with Crippen LogP contribution in [0.15, 0.2) is 46.0 Å². The molecule has 26 heavy (non-hydrogen) atoms. The largest absolute Gasteiger partial charge is 0.496 e. The van der Waals surface area contributed by atoms with E-state index in [0.29, 0.717) is 13.1 Å². The lowest BCUT2D eigenvalue weighted by Gasteiger charge is -2.23. The van der Waals surface area contributed by atoms with Crippen LogP contribution in [0.4, 0.5) is 0 Å². The number of rotatable bonds is 8. The summed E-state index contributed by atoms with van der Waals surface area (Å²) in [7, 11) is 5.77. The van der Waals surface area contributed by atoms with Crippen molar-refractivity contribution in [2.45, 2.75) is 26.4 Å². The zero-order valence-electron chi connectivity index (χ0n) is 16.4. The zero-order chi connectivity index (χ0) is 18.9. The SMILES string of the molecule is CCNC(=NCc1ccc(C)cc1OC)NCC(c1ccco1)N(C)C. The third-order valence-corrected chi connectivity index (χ3v) is 4.15. The van der Waals surface area contributed by atoms with Gasteiger partial charge in [-0.1, -0.05) is 12.1 Å². The summed E-state index contributed by atoms with van der Waals surface area (Å²) < 4.78 is 11.0. The highest BCUT2D eigenvalue weighted by Gasteiger charge is 2.17. The average Bonchev–Trinajstić information content (AvgIpc) is 3.14. The molecule has 1 unspecified atom stereocenters. The number of aryl methyl sites for hydroxylation is 1. The fourth-order valence-electron chi connectivity index (χ4n) is 2.70. The third-order valence-electron chi connectivity index (χ3n) is 4.15. The number of nitrogens with one attached hydrogen (secondary N) is 2. The van der Waals surface area contributed by atoms with Gasteiger partial charge in [0.2, 0.25) is 0 Å². The van der Waals surface area contributed by atoms with Crippen LogP contribution in [0.25, 0.3) is 0 Å². The number of ether oxygens (including phenoxy) is 1. The Morgan fingerprint density at radius 1 is 1.27 bits per heavy atom. The van der Waals surface area contributed by atoms with Crippen molar-refractivity contribution in [2.75, 3.05) is 34.3 Å². The standard InChI is InChI=1S/C20H30N4O2/c1-6-21-20(22-13-16-10-9-15(2)12-19(16)25-5)23-14-17(24(3)4)18-8-7-11-26-18/h7-12,17H,6,13-14H2,1-5H3,(H2,21,22,23). The minimum atomic E-state index is 0.128. The van der Waals surface area contributed by atoms with Crippen LogP contribution < -0.4 is 15.4 Å². The third kappa shape index (κ3) is 5.52. The van der Waals surface area contributed by atoms with E-state index in [0.717, 1.165) is 29.6 Å². The second-order valence-corrected chi connectivity index (χ2v) is 6.39. The summed E-state index contributed by atoms with van der Waals surface area (Å²) in [5.74, 6) is 2.57. The highest BCUT2D eigenvalue weighted by molar-refractivity contribution is 5.79. The minimum absolute atomic E-state index is 0.128. The molecule has 0 fully saturated rings. The Morgan fingerprint density at radius 3 is 2.69 bits per heavy atom. The molecule has 2 rings (SSSR count). The first-order chi connectivity index (χ1) is 12.5. The van der Waals surface area contributed by atoms with Crippen molar-refractivity contribution in [3.05, 3.63) is 53.5 Å². The average molecular weight is 358 g/mol. The van der Waals surface area contributed by atoms with Crippen molar-refractivity contribution in [1.29, 1.82) is 0 Å². The van der Waals surface area contributed by atoms with Gasteiger partial charge in [-0.3, -0.25) is 4.90 Å². The van der Waals surface area contributed by atoms with Crippen LogP contribution in [0.5, 0.6) is 5.75 Å². The smallest absolute Gasteiger partial charge is 0.191 e. The highest BCUT2D eigenvalue weighted by atomic mass is 16.5. The van der Waals surface area contributed by atoms with Gasteiger partial charge in [0.05, 0.1) is 26.0 Å². The van der Waals surface area contributed by atoms with E-state index >= 15 is 0 Å². The van der Waals surface area contributed by atoms with E-state index in [9.17, 15) is 0 Å². The maximum atomic E-state index is 5.56. The van der Waals surface area contributed by atoms with Gasteiger partial charge in [-0.2, -0.15) is 0 Å². The van der Waals surface area contributed by atoms with Gasteiger partial charge in [0.15, 0.2) is 5.96 Å². The van der Waals surface area contributed by atoms with Crippen LogP contribution in [-0.2, 0) is 6.54 Å². The summed E-state index contributed by atoms with van der Waals surface area (Å²) >= 11 is 0. The number of hydrogen-bond acceptors (Lipinski definition) is 4. The first-order valence-corrected chi connectivity index (χ1v) is 8.90. The fraction of sp³-hybridized carbons (Fsp3) is 0.450. The van der Waals surface area contributed by atoms with Gasteiger partial charge in [-0.15, -0.1) is 0 Å². The van der Waals surface area contributed by atoms with Gasteiger partial charge in [0.1, 0.15) is 11.5 Å². The maximum absolute atomic E-state index is 5.56. The Labute approximate surface area is 156 Å². The first-order valence-electron chi connectivity index (χ1n) is 8.90. The Balaban J connectivity index is 2.06. The van der Waals surface area contributed by atoms with Gasteiger partial charge in [0.25, 0.3) is 0 Å². The fourth-order valence-corrected chi connectivity index (χ4v) is 2.70. The van der Waals surface area contributed by atoms with Crippen molar-refractivity contribution < 1.29 is 9.15 Å². The van der Waals surface area contributed by atoms with Gasteiger partial charge in [-0.25, -0.2) is 4.99 Å². The molecule has 0 radical (unpaired) electrons. The lowest BCUT2D eigenvalue weighted by molar-refractivity contribution is 0.258. The zero-order valence-corrected chi connectivity index (χ0v) is 16.4. The summed E-state index contributed by atoms with van der Waals surface area (Å²) in [6.45, 7) is 6.14. The monoisotopic (exact) mass is 358 g/mol. The van der Waals surface area contributed by atoms with Crippen LogP contribution in [0.1, 0.15) is 29.9 Å². The predicted molar refractivity (Wildman–Crippen MR) is 106 cm³/mol. The van der Waals surface area contributed by atoms with E-state index in [1.165, 1.54) is 5.56 Å². The van der Waals surface area contributed by atoms with E-state index in [-0.39, 0.29) is 6.04 Å². The van der Waals surface area contributed by atoms with Crippen LogP contribution in [-0.4, -0.2) is 45.2 Å². The molecule has 0 saturated heterocycles. The molecule has 2 aromatic rings. The summed E-state index contributed by atoms with van der Waals surface area (Å²) in [5.41, 5.74) is 2.23. The van der Waals surface area contributed by atoms with Crippen molar-refractivity contribution in [3.8, 4) is 5.75 Å². The molecule has 0 amide bonds. The summed E-state index contributed by atoms with van der Waals surface area (Å²) in [6, 6.07) is 10.2. The summed E-state index contributed by atoms with van der Waals surface area (Å²) in [6.07, 6.45) is 1.70. The van der Waals surface area contributed by atoms with Gasteiger partial charge < -0.3 is 19.8 Å². The Bertz CT molecular complexity index is 696. The van der Waals surface area contributed by atoms with E-state index in [2.05, 4.69) is 41.5 Å². The lowest BCUT2D eigenvalue weighted by Crippen LogP contribution is -2.41. The van der Waals surface area contributed by atoms with Crippen LogP contribution in [0.3, 0.4) is 0 Å². The lowest BCUT2D eigenvalue weighted by atomic mass is 10.1. The number of benzene rings is 1. The second-order valence-electron chi connectivity index (χ2n) is 6.39. The van der Waals surface area contributed by atoms with E-state index < -0.39 is 0 Å². The quantitative estimate of drug-likeness (QED) is 0.561. The number of guanidine groups is 1. The Morgan fingerprint density at radius 2 is 2.08 bits per heavy atom. The van der Waals surface area contributed by atoms with Crippen LogP contribution in [0.2, 0.25) is 0 Å². The van der Waals surface area contributed by atoms with Crippen molar-refractivity contribution in [1.82, 2.24) is 15.5 Å². The molecular formula is C20H30N4O2. The topological polar surface area (TPSA) is 62.0 Å². The molecule has 0 aliphatic carbocycles. The molecule has 6 nitrogen and oxygen atoms in total. The van der Waals surface area contributed by atoms with E-state index in [1.807, 2.05) is 32.3 Å². The molecule has 1 heterocycles. The molecule has 1 aromatic heterocycles. The molecule has 2 N–H and O–H groups in total. The first kappa shape index (κ1) is 19.8. The maximum Gasteiger partial charge on any atom is 0.191 e. The normalized spacial score (nSPS) is 12.9. The van der Waals surface area contributed by atoms with Gasteiger partial charge >= 0.3 is 0 Å². The predicted octanol–water partition coefficient (Wildman–Crippen LogP) is 2.95. The number of nitrogens with zero attached hydrogens (tertiary/aromatic N) is 2. The number of aliphatic imine (C=N–C) groups is 1. The van der Waals surface area contributed by atoms with Gasteiger partial charge in [-0.05, 0) is 51.7 Å². The number of methoxy groups -OCH3 is 1. The van der Waals surface area contributed by atoms with Crippen molar-refractivity contribution in [3.63, 3.8) is 0 Å². The molecule has 0 spiro atoms. The van der Waals surface area contributed by atoms with Crippen molar-refractivity contribution in [2.24, 2.45) is 4.99 Å². The number of hydrogen-bond donors (Lipinski definition) is 2. The Kier molecular flexibility index (Phi) is 7.53. The molecule has 0 aliphatic heterocycles. The molecule has 142 valence electrons. The molecular weight excluding hydrogens is 328 g/mol. The summed E-state index contributed by atoms with van der Waals surface area (Å²) in [5, 5.41) is 6.70. The molecule has 0 aliphatic rings. The van der Waals surface area contributed by atoms with Crippen LogP contribution in [0, 0.1) is 6.92 Å². The van der Waals surface area contributed by atoms with E-state index in [4.69, 9.17) is 14.1 Å². The van der Waals surface area contributed by atoms with E-state index in [1.54, 1.807) is 13.4 Å².